The van der Waals surface area contributed by atoms with E-state index < -0.39 is 5.91 Å². The van der Waals surface area contributed by atoms with Gasteiger partial charge in [-0.2, -0.15) is 0 Å². The third-order valence-corrected chi connectivity index (χ3v) is 2.70. The number of primary amides is 1. The van der Waals surface area contributed by atoms with Crippen LogP contribution in [-0.2, 0) is 0 Å². The molecule has 0 spiro atoms. The number of hydrogen-bond donors (Lipinski definition) is 1. The normalized spacial score (nSPS) is 10.6. The lowest BCUT2D eigenvalue weighted by atomic mass is 9.97. The highest BCUT2D eigenvalue weighted by molar-refractivity contribution is 6.42. The van der Waals surface area contributed by atoms with Crippen LogP contribution in [0.5, 0.6) is 0 Å². The molecule has 0 fully saturated rings. The molecule has 1 rings (SSSR count). The molecule has 0 radical (unpaired) electrons. The maximum atomic E-state index is 11.1. The number of benzene rings is 1. The number of carbonyl (C=O) groups excluding carboxylic acids is 1. The van der Waals surface area contributed by atoms with Crippen molar-refractivity contribution < 1.29 is 4.79 Å². The van der Waals surface area contributed by atoms with Crippen molar-refractivity contribution in [2.24, 2.45) is 5.73 Å². The van der Waals surface area contributed by atoms with E-state index in [1.54, 1.807) is 6.07 Å². The van der Waals surface area contributed by atoms with Crippen LogP contribution in [0.1, 0.15) is 35.7 Å². The Balaban J connectivity index is 3.39. The second-order valence-electron chi connectivity index (χ2n) is 3.37. The second-order valence-corrected chi connectivity index (χ2v) is 4.19. The average Bonchev–Trinajstić information content (AvgIpc) is 2.08. The standard InChI is InChI=1S/C10H11Cl2NO/c1-5(2)6-3-8(11)9(12)4-7(6)10(13)14/h3-5H,1-2H3,(H2,13,14). The summed E-state index contributed by atoms with van der Waals surface area (Å²) in [6, 6.07) is 3.20. The van der Waals surface area contributed by atoms with E-state index in [-0.39, 0.29) is 5.92 Å². The molecule has 14 heavy (non-hydrogen) atoms. The van der Waals surface area contributed by atoms with Crippen LogP contribution < -0.4 is 5.73 Å². The van der Waals surface area contributed by atoms with Crippen molar-refractivity contribution in [3.63, 3.8) is 0 Å². The predicted octanol–water partition coefficient (Wildman–Crippen LogP) is 3.22. The Kier molecular flexibility index (Phi) is 3.40. The summed E-state index contributed by atoms with van der Waals surface area (Å²) in [5.41, 5.74) is 6.50. The van der Waals surface area contributed by atoms with Crippen molar-refractivity contribution in [1.29, 1.82) is 0 Å². The van der Waals surface area contributed by atoms with Crippen LogP contribution in [0.3, 0.4) is 0 Å². The Morgan fingerprint density at radius 1 is 1.29 bits per heavy atom. The number of carbonyl (C=O) groups is 1. The number of nitrogens with two attached hydrogens (primary N) is 1. The zero-order valence-electron chi connectivity index (χ0n) is 7.97. The van der Waals surface area contributed by atoms with Crippen molar-refractivity contribution in [3.05, 3.63) is 33.3 Å². The lowest BCUT2D eigenvalue weighted by Crippen LogP contribution is -2.14. The molecule has 4 heteroatoms. The molecule has 1 aromatic carbocycles. The molecule has 0 saturated carbocycles. The van der Waals surface area contributed by atoms with E-state index in [1.165, 1.54) is 6.07 Å². The van der Waals surface area contributed by atoms with Gasteiger partial charge >= 0.3 is 0 Å². The minimum Gasteiger partial charge on any atom is -0.366 e. The predicted molar refractivity (Wildman–Crippen MR) is 59.1 cm³/mol. The number of halogens is 2. The van der Waals surface area contributed by atoms with Crippen molar-refractivity contribution >= 4 is 29.1 Å². The third-order valence-electron chi connectivity index (χ3n) is 1.98. The van der Waals surface area contributed by atoms with Crippen LogP contribution >= 0.6 is 23.2 Å². The maximum Gasteiger partial charge on any atom is 0.249 e. The minimum absolute atomic E-state index is 0.187. The van der Waals surface area contributed by atoms with Crippen LogP contribution in [0.2, 0.25) is 10.0 Å². The summed E-state index contributed by atoms with van der Waals surface area (Å²) in [4.78, 5) is 11.1. The fourth-order valence-corrected chi connectivity index (χ4v) is 1.59. The van der Waals surface area contributed by atoms with Crippen molar-refractivity contribution in [3.8, 4) is 0 Å². The first-order valence-electron chi connectivity index (χ1n) is 4.22. The number of amides is 1. The SMILES string of the molecule is CC(C)c1cc(Cl)c(Cl)cc1C(N)=O. The maximum absolute atomic E-state index is 11.1. The number of hydrogen-bond acceptors (Lipinski definition) is 1. The van der Waals surface area contributed by atoms with Gasteiger partial charge in [-0.1, -0.05) is 37.0 Å². The van der Waals surface area contributed by atoms with E-state index in [0.717, 1.165) is 5.56 Å². The Labute approximate surface area is 93.0 Å². The van der Waals surface area contributed by atoms with Gasteiger partial charge in [0.25, 0.3) is 0 Å². The molecule has 0 aliphatic rings. The molecule has 2 nitrogen and oxygen atoms in total. The molecular weight excluding hydrogens is 221 g/mol. The summed E-state index contributed by atoms with van der Waals surface area (Å²) in [6.07, 6.45) is 0. The lowest BCUT2D eigenvalue weighted by molar-refractivity contribution is 0.0999. The van der Waals surface area contributed by atoms with Gasteiger partial charge in [0.15, 0.2) is 0 Å². The monoisotopic (exact) mass is 231 g/mol. The van der Waals surface area contributed by atoms with Gasteiger partial charge < -0.3 is 5.73 Å². The molecule has 0 bridgehead atoms. The molecule has 0 unspecified atom stereocenters. The first-order valence-corrected chi connectivity index (χ1v) is 4.97. The van der Waals surface area contributed by atoms with Gasteiger partial charge in [0.05, 0.1) is 10.0 Å². The highest BCUT2D eigenvalue weighted by Crippen LogP contribution is 2.29. The van der Waals surface area contributed by atoms with Crippen molar-refractivity contribution in [2.45, 2.75) is 19.8 Å². The zero-order chi connectivity index (χ0) is 10.9. The van der Waals surface area contributed by atoms with Gasteiger partial charge in [0.1, 0.15) is 0 Å². The van der Waals surface area contributed by atoms with Gasteiger partial charge in [-0.15, -0.1) is 0 Å². The summed E-state index contributed by atoms with van der Waals surface area (Å²) in [5, 5.41) is 0.797. The van der Waals surface area contributed by atoms with E-state index in [1.807, 2.05) is 13.8 Å². The molecular formula is C10H11Cl2NO. The van der Waals surface area contributed by atoms with Gasteiger partial charge in [-0.3, -0.25) is 4.79 Å². The quantitative estimate of drug-likeness (QED) is 0.835. The molecule has 2 N–H and O–H groups in total. The molecule has 0 aliphatic heterocycles. The first-order chi connectivity index (χ1) is 6.43. The van der Waals surface area contributed by atoms with Gasteiger partial charge in [0.2, 0.25) is 5.91 Å². The van der Waals surface area contributed by atoms with E-state index >= 15 is 0 Å². The number of rotatable bonds is 2. The Morgan fingerprint density at radius 2 is 1.79 bits per heavy atom. The van der Waals surface area contributed by atoms with E-state index in [4.69, 9.17) is 28.9 Å². The Bertz CT molecular complexity index is 375. The average molecular weight is 232 g/mol. The molecule has 0 heterocycles. The highest BCUT2D eigenvalue weighted by Gasteiger charge is 2.14. The van der Waals surface area contributed by atoms with Crippen LogP contribution in [0.15, 0.2) is 12.1 Å². The Hall–Kier alpha value is -0.730. The molecule has 1 amide bonds. The fourth-order valence-electron chi connectivity index (χ4n) is 1.25. The third kappa shape index (κ3) is 2.20. The summed E-state index contributed by atoms with van der Waals surface area (Å²) in [5.74, 6) is -0.292. The lowest BCUT2D eigenvalue weighted by Gasteiger charge is -2.11. The topological polar surface area (TPSA) is 43.1 Å². The summed E-state index contributed by atoms with van der Waals surface area (Å²) >= 11 is 11.6. The molecule has 0 aromatic heterocycles. The van der Waals surface area contributed by atoms with Crippen LogP contribution in [0, 0.1) is 0 Å². The second kappa shape index (κ2) is 4.20. The van der Waals surface area contributed by atoms with E-state index in [9.17, 15) is 4.79 Å². The van der Waals surface area contributed by atoms with E-state index in [0.29, 0.717) is 15.6 Å². The Morgan fingerprint density at radius 3 is 2.21 bits per heavy atom. The van der Waals surface area contributed by atoms with Crippen LogP contribution in [0.4, 0.5) is 0 Å². The minimum atomic E-state index is -0.479. The zero-order valence-corrected chi connectivity index (χ0v) is 9.49. The highest BCUT2D eigenvalue weighted by atomic mass is 35.5. The summed E-state index contributed by atoms with van der Waals surface area (Å²) in [7, 11) is 0. The molecule has 76 valence electrons. The van der Waals surface area contributed by atoms with Gasteiger partial charge in [-0.05, 0) is 23.6 Å². The molecule has 0 aliphatic carbocycles. The smallest absolute Gasteiger partial charge is 0.249 e. The van der Waals surface area contributed by atoms with Crippen molar-refractivity contribution in [1.82, 2.24) is 0 Å². The fraction of sp³-hybridized carbons (Fsp3) is 0.300. The molecule has 1 aromatic rings. The summed E-state index contributed by atoms with van der Waals surface area (Å²) < 4.78 is 0. The van der Waals surface area contributed by atoms with Gasteiger partial charge in [0, 0.05) is 5.56 Å². The summed E-state index contributed by atoms with van der Waals surface area (Å²) in [6.45, 7) is 3.93. The van der Waals surface area contributed by atoms with Gasteiger partial charge in [-0.25, -0.2) is 0 Å². The van der Waals surface area contributed by atoms with Crippen LogP contribution in [0.25, 0.3) is 0 Å². The van der Waals surface area contributed by atoms with E-state index in [2.05, 4.69) is 0 Å². The van der Waals surface area contributed by atoms with Crippen molar-refractivity contribution in [2.75, 3.05) is 0 Å². The molecule has 0 atom stereocenters. The van der Waals surface area contributed by atoms with Crippen LogP contribution in [-0.4, -0.2) is 5.91 Å². The molecule has 0 saturated heterocycles. The largest absolute Gasteiger partial charge is 0.366 e. The first kappa shape index (κ1) is 11.3.